The molecule has 0 unspecified atom stereocenters. The molecule has 0 aliphatic heterocycles. The normalized spacial score (nSPS) is 15.2. The third-order valence-corrected chi connectivity index (χ3v) is 13.4. The van der Waals surface area contributed by atoms with Crippen molar-refractivity contribution in [3.05, 3.63) is 36.0 Å². The standard InChI is InChI=1S/C53H87N15O16S/c1-26(2)19-31(55)43(74)63-36(20-27(3)4)48(79)68-42(28(5)71)51(82)62-35(15-16-41(72)73)46(77)60-33(13-8-9-17-54)45(76)65-38(23-69)49(80)61-34(14-10-18-58-53(56)57)44(75)64-37(21-29-22-59-32-12-7-6-11-30(29)32)47(78)66-39(24-70)50(81)67-40(25-85)52(83)84/h6-7,11-12,22,26-28,31,33-40,42,59,69-71,85H,8-10,13-21,23-25,54-55H2,1-5H3,(H,60,77)(H,61,80)(H,62,82)(H,63,74)(H,64,75)(H,65,76)(H,66,78)(H,67,81)(H,68,79)(H,72,73)(H,83,84)(H4,56,57,58)/t28-,31+,33+,34+,35+,36+,37+,38+,39+,40+,42+/m1/s1. The van der Waals surface area contributed by atoms with Crippen molar-refractivity contribution >= 4 is 94.6 Å². The molecule has 2 aromatic rings. The van der Waals surface area contributed by atoms with Crippen molar-refractivity contribution in [2.75, 3.05) is 32.1 Å². The van der Waals surface area contributed by atoms with E-state index in [1.165, 1.54) is 0 Å². The Kier molecular flexibility index (Phi) is 32.5. The van der Waals surface area contributed by atoms with Crippen LogP contribution in [0.2, 0.25) is 0 Å². The summed E-state index contributed by atoms with van der Waals surface area (Å²) in [5, 5.41) is 72.7. The average Bonchev–Trinajstić information content (AvgIpc) is 4.15. The van der Waals surface area contributed by atoms with Crippen molar-refractivity contribution in [3.8, 4) is 0 Å². The van der Waals surface area contributed by atoms with E-state index >= 15 is 0 Å². The number of amides is 9. The number of nitrogens with zero attached hydrogens (tertiary/aromatic N) is 1. The highest BCUT2D eigenvalue weighted by Gasteiger charge is 2.37. The number of nitrogens with one attached hydrogen (secondary N) is 10. The Balaban J connectivity index is 2.49. The molecule has 85 heavy (non-hydrogen) atoms. The van der Waals surface area contributed by atoms with Crippen molar-refractivity contribution in [2.45, 2.75) is 165 Å². The molecule has 1 aromatic carbocycles. The summed E-state index contributed by atoms with van der Waals surface area (Å²) in [6.07, 6.45) is -1.13. The molecule has 0 saturated heterocycles. The molecule has 9 amide bonds. The largest absolute Gasteiger partial charge is 0.481 e. The van der Waals surface area contributed by atoms with E-state index < -0.39 is 158 Å². The molecule has 1 heterocycles. The number of hydrogen-bond donors (Lipinski definition) is 20. The molecule has 1 aromatic heterocycles. The number of nitrogens with two attached hydrogens (primary N) is 4. The van der Waals surface area contributed by atoms with Crippen LogP contribution in [0, 0.1) is 11.8 Å². The van der Waals surface area contributed by atoms with E-state index in [4.69, 9.17) is 22.9 Å². The van der Waals surface area contributed by atoms with Crippen LogP contribution in [0.15, 0.2) is 35.5 Å². The Morgan fingerprint density at radius 2 is 1.04 bits per heavy atom. The van der Waals surface area contributed by atoms with Gasteiger partial charge in [0.05, 0.1) is 25.4 Å². The number of guanidine groups is 1. The van der Waals surface area contributed by atoms with Gasteiger partial charge in [-0.25, -0.2) is 4.79 Å². The fourth-order valence-corrected chi connectivity index (χ4v) is 8.77. The quantitative estimate of drug-likeness (QED) is 0.0128. The zero-order chi connectivity index (χ0) is 64.1. The molecular formula is C53H87N15O16S. The molecule has 11 atom stereocenters. The van der Waals surface area contributed by atoms with Crippen LogP contribution < -0.4 is 70.8 Å². The fourth-order valence-electron chi connectivity index (χ4n) is 8.53. The van der Waals surface area contributed by atoms with Crippen LogP contribution in [0.25, 0.3) is 10.9 Å². The molecule has 0 radical (unpaired) electrons. The van der Waals surface area contributed by atoms with Crippen molar-refractivity contribution in [3.63, 3.8) is 0 Å². The number of aromatic nitrogens is 1. The lowest BCUT2D eigenvalue weighted by atomic mass is 10.00. The molecule has 0 spiro atoms. The Hall–Kier alpha value is -7.65. The van der Waals surface area contributed by atoms with E-state index in [0.29, 0.717) is 29.3 Å². The first-order valence-electron chi connectivity index (χ1n) is 27.8. The van der Waals surface area contributed by atoms with Gasteiger partial charge in [0, 0.05) is 42.2 Å². The number of unbranched alkanes of at least 4 members (excludes halogenated alkanes) is 1. The lowest BCUT2D eigenvalue weighted by Gasteiger charge is -2.29. The second-order valence-electron chi connectivity index (χ2n) is 21.2. The van der Waals surface area contributed by atoms with Gasteiger partial charge < -0.3 is 101 Å². The zero-order valence-electron chi connectivity index (χ0n) is 48.4. The van der Waals surface area contributed by atoms with Crippen molar-refractivity contribution in [2.24, 2.45) is 39.8 Å². The van der Waals surface area contributed by atoms with E-state index in [2.05, 4.69) is 70.5 Å². The summed E-state index contributed by atoms with van der Waals surface area (Å²) in [6.45, 7) is 6.37. The highest BCUT2D eigenvalue weighted by molar-refractivity contribution is 7.80. The van der Waals surface area contributed by atoms with Crippen LogP contribution in [-0.2, 0) is 59.2 Å². The van der Waals surface area contributed by atoms with Gasteiger partial charge in [-0.05, 0) is 88.3 Å². The second kappa shape index (κ2) is 37.6. The smallest absolute Gasteiger partial charge is 0.327 e. The van der Waals surface area contributed by atoms with Gasteiger partial charge in [-0.1, -0.05) is 45.9 Å². The molecule has 31 nitrogen and oxygen atoms in total. The third kappa shape index (κ3) is 26.0. The number of aliphatic carboxylic acids is 2. The molecule has 23 N–H and O–H groups in total. The first-order valence-corrected chi connectivity index (χ1v) is 28.4. The van der Waals surface area contributed by atoms with Gasteiger partial charge in [0.15, 0.2) is 5.96 Å². The molecule has 0 fully saturated rings. The molecule has 2 rings (SSSR count). The van der Waals surface area contributed by atoms with Crippen LogP contribution >= 0.6 is 12.6 Å². The number of carboxylic acids is 2. The van der Waals surface area contributed by atoms with E-state index in [1.807, 2.05) is 13.8 Å². The zero-order valence-corrected chi connectivity index (χ0v) is 49.3. The number of rotatable bonds is 40. The molecule has 0 bridgehead atoms. The van der Waals surface area contributed by atoms with Crippen LogP contribution in [0.3, 0.4) is 0 Å². The summed E-state index contributed by atoms with van der Waals surface area (Å²) >= 11 is 3.92. The number of aliphatic hydroxyl groups excluding tert-OH is 3. The lowest BCUT2D eigenvalue weighted by Crippen LogP contribution is -2.62. The first kappa shape index (κ1) is 73.5. The Bertz CT molecular complexity index is 2600. The van der Waals surface area contributed by atoms with Crippen LogP contribution in [0.4, 0.5) is 0 Å². The Morgan fingerprint density at radius 3 is 1.53 bits per heavy atom. The average molecular weight is 1220 g/mol. The van der Waals surface area contributed by atoms with Gasteiger partial charge in [-0.15, -0.1) is 0 Å². The molecule has 32 heteroatoms. The number of carbonyl (C=O) groups is 11. The highest BCUT2D eigenvalue weighted by Crippen LogP contribution is 2.20. The summed E-state index contributed by atoms with van der Waals surface area (Å²) < 4.78 is 0. The number of carbonyl (C=O) groups excluding carboxylic acids is 9. The van der Waals surface area contributed by atoms with E-state index in [9.17, 15) is 78.3 Å². The molecular weight excluding hydrogens is 1130 g/mol. The minimum absolute atomic E-state index is 0.0121. The highest BCUT2D eigenvalue weighted by atomic mass is 32.1. The number of benzene rings is 1. The maximum atomic E-state index is 14.4. The van der Waals surface area contributed by atoms with E-state index in [1.54, 1.807) is 44.3 Å². The number of H-pyrrole nitrogens is 1. The maximum absolute atomic E-state index is 14.4. The summed E-state index contributed by atoms with van der Waals surface area (Å²) in [7, 11) is 0. The second-order valence-corrected chi connectivity index (χ2v) is 21.6. The molecule has 0 aliphatic carbocycles. The van der Waals surface area contributed by atoms with Crippen LogP contribution in [0.1, 0.15) is 98.0 Å². The summed E-state index contributed by atoms with van der Waals surface area (Å²) in [4.78, 5) is 155. The number of hydrogen-bond acceptors (Lipinski definition) is 18. The van der Waals surface area contributed by atoms with Crippen LogP contribution in [-0.4, -0.2) is 200 Å². The number of aliphatic hydroxyl groups is 3. The maximum Gasteiger partial charge on any atom is 0.327 e. The minimum Gasteiger partial charge on any atom is -0.481 e. The number of aliphatic imine (C=N–C) groups is 1. The minimum atomic E-state index is -1.86. The predicted octanol–water partition coefficient (Wildman–Crippen LogP) is -5.08. The lowest BCUT2D eigenvalue weighted by molar-refractivity contribution is -0.142. The van der Waals surface area contributed by atoms with Crippen molar-refractivity contribution in [1.82, 2.24) is 52.8 Å². The van der Waals surface area contributed by atoms with E-state index in [0.717, 1.165) is 6.92 Å². The van der Waals surface area contributed by atoms with E-state index in [-0.39, 0.29) is 75.2 Å². The van der Waals surface area contributed by atoms with Crippen molar-refractivity contribution < 1.29 is 78.3 Å². The molecule has 0 aliphatic rings. The van der Waals surface area contributed by atoms with Crippen LogP contribution in [0.5, 0.6) is 0 Å². The first-order chi connectivity index (χ1) is 40.1. The fraction of sp³-hybridized carbons (Fsp3) is 0.623. The third-order valence-electron chi connectivity index (χ3n) is 13.1. The Labute approximate surface area is 497 Å². The number of para-hydroxylation sites is 1. The van der Waals surface area contributed by atoms with Gasteiger partial charge in [-0.2, -0.15) is 12.6 Å². The predicted molar refractivity (Wildman–Crippen MR) is 313 cm³/mol. The van der Waals surface area contributed by atoms with Gasteiger partial charge in [-0.3, -0.25) is 52.9 Å². The number of carboxylic acid groups (broad SMARTS) is 2. The summed E-state index contributed by atoms with van der Waals surface area (Å²) in [6, 6.07) is -8.57. The Morgan fingerprint density at radius 1 is 0.576 bits per heavy atom. The number of fused-ring (bicyclic) bond motifs is 1. The summed E-state index contributed by atoms with van der Waals surface area (Å²) in [5.41, 5.74) is 23.9. The SMILES string of the molecule is CC(C)C[C@H](NC(=O)[C@@H](N)CC(C)C)C(=O)N[C@H](C(=O)N[C@@H](CCC(=O)O)C(=O)N[C@@H](CCCCN)C(=O)N[C@@H](CO)C(=O)N[C@@H](CCCN=C(N)N)C(=O)N[C@@H](Cc1c[nH]c2ccccc12)C(=O)N[C@@H](CO)C(=O)N[C@@H](CS)C(=O)O)[C@@H](C)O. The molecule has 0 saturated carbocycles. The van der Waals surface area contributed by atoms with Gasteiger partial charge in [0.1, 0.15) is 54.4 Å². The van der Waals surface area contributed by atoms with Crippen molar-refractivity contribution in [1.29, 1.82) is 0 Å². The monoisotopic (exact) mass is 1220 g/mol. The number of aromatic amines is 1. The van der Waals surface area contributed by atoms with Gasteiger partial charge in [0.2, 0.25) is 53.2 Å². The topological polar surface area (TPSA) is 529 Å². The summed E-state index contributed by atoms with van der Waals surface area (Å²) in [5.74, 6) is -12.8. The molecule has 476 valence electrons. The van der Waals surface area contributed by atoms with Gasteiger partial charge in [0.25, 0.3) is 0 Å². The van der Waals surface area contributed by atoms with Gasteiger partial charge >= 0.3 is 11.9 Å². The number of thiol groups is 1.